The molecule has 0 heterocycles. The number of carbonyl (C=O) groups is 1. The molecule has 1 aliphatic carbocycles. The molecule has 1 aliphatic rings. The van der Waals surface area contributed by atoms with E-state index in [1.165, 1.54) is 18.2 Å². The van der Waals surface area contributed by atoms with Crippen LogP contribution in [0.25, 0.3) is 0 Å². The van der Waals surface area contributed by atoms with Crippen LogP contribution in [-0.4, -0.2) is 12.5 Å². The van der Waals surface area contributed by atoms with Gasteiger partial charge in [0.05, 0.1) is 16.1 Å². The molecule has 1 fully saturated rings. The van der Waals surface area contributed by atoms with Gasteiger partial charge in [-0.05, 0) is 31.0 Å². The first-order valence-electron chi connectivity index (χ1n) is 6.54. The van der Waals surface area contributed by atoms with Crippen LogP contribution in [0.5, 0.6) is 0 Å². The Morgan fingerprint density at radius 1 is 1.37 bits per heavy atom. The number of hydrogen-bond donors (Lipinski definition) is 2. The highest BCUT2D eigenvalue weighted by molar-refractivity contribution is 6.33. The van der Waals surface area contributed by atoms with Crippen molar-refractivity contribution < 1.29 is 9.18 Å². The van der Waals surface area contributed by atoms with Crippen molar-refractivity contribution in [3.05, 3.63) is 29.0 Å². The molecule has 0 unspecified atom stereocenters. The van der Waals surface area contributed by atoms with E-state index in [1.54, 1.807) is 0 Å². The van der Waals surface area contributed by atoms with Gasteiger partial charge in [-0.15, -0.1) is 0 Å². The molecule has 104 valence electrons. The zero-order chi connectivity index (χ0) is 13.9. The van der Waals surface area contributed by atoms with Crippen molar-refractivity contribution in [2.75, 3.05) is 11.9 Å². The molecule has 19 heavy (non-hydrogen) atoms. The van der Waals surface area contributed by atoms with Crippen molar-refractivity contribution in [1.29, 1.82) is 0 Å². The minimum Gasteiger partial charge on any atom is -0.329 e. The minimum atomic E-state index is -0.534. The van der Waals surface area contributed by atoms with Crippen LogP contribution in [-0.2, 0) is 4.79 Å². The molecule has 1 amide bonds. The normalized spacial score (nSPS) is 18.1. The van der Waals surface area contributed by atoms with Crippen LogP contribution in [0, 0.1) is 11.2 Å². The van der Waals surface area contributed by atoms with Gasteiger partial charge in [0.25, 0.3) is 0 Å². The highest BCUT2D eigenvalue weighted by atomic mass is 35.5. The van der Waals surface area contributed by atoms with Crippen LogP contribution in [0.1, 0.15) is 32.1 Å². The number of nitrogens with two attached hydrogens (primary N) is 1. The van der Waals surface area contributed by atoms with Crippen LogP contribution >= 0.6 is 11.6 Å². The summed E-state index contributed by atoms with van der Waals surface area (Å²) in [5.74, 6) is -0.577. The van der Waals surface area contributed by atoms with Crippen LogP contribution in [0.15, 0.2) is 18.2 Å². The minimum absolute atomic E-state index is 0.151. The quantitative estimate of drug-likeness (QED) is 0.894. The molecule has 3 nitrogen and oxygen atoms in total. The maximum absolute atomic E-state index is 13.2. The van der Waals surface area contributed by atoms with Crippen LogP contribution in [0.4, 0.5) is 10.1 Å². The van der Waals surface area contributed by atoms with Gasteiger partial charge in [-0.2, -0.15) is 0 Å². The first-order chi connectivity index (χ1) is 9.07. The number of carbonyl (C=O) groups excluding carboxylic acids is 1. The number of benzene rings is 1. The van der Waals surface area contributed by atoms with E-state index in [-0.39, 0.29) is 5.91 Å². The maximum atomic E-state index is 13.2. The fourth-order valence-corrected chi connectivity index (χ4v) is 2.77. The standard InChI is InChI=1S/C14H18ClFN2O/c15-11-5-4-10(16)8-12(11)18-13(19)14(9-17)6-2-1-3-7-14/h4-5,8H,1-3,6-7,9,17H2,(H,18,19). The monoisotopic (exact) mass is 284 g/mol. The van der Waals surface area contributed by atoms with Gasteiger partial charge in [-0.25, -0.2) is 4.39 Å². The van der Waals surface area contributed by atoms with Gasteiger partial charge in [-0.1, -0.05) is 30.9 Å². The topological polar surface area (TPSA) is 55.1 Å². The SMILES string of the molecule is NCC1(C(=O)Nc2cc(F)ccc2Cl)CCCCC1. The van der Waals surface area contributed by atoms with E-state index in [1.807, 2.05) is 0 Å². The highest BCUT2D eigenvalue weighted by Gasteiger charge is 2.38. The zero-order valence-corrected chi connectivity index (χ0v) is 11.5. The van der Waals surface area contributed by atoms with Crippen LogP contribution < -0.4 is 11.1 Å². The van der Waals surface area contributed by atoms with E-state index in [9.17, 15) is 9.18 Å². The van der Waals surface area contributed by atoms with Gasteiger partial charge in [-0.3, -0.25) is 4.79 Å². The third-order valence-corrected chi connectivity index (χ3v) is 4.19. The van der Waals surface area contributed by atoms with E-state index < -0.39 is 11.2 Å². The summed E-state index contributed by atoms with van der Waals surface area (Å²) in [7, 11) is 0. The van der Waals surface area contributed by atoms with Crippen molar-refractivity contribution in [2.24, 2.45) is 11.1 Å². The Kier molecular flexibility index (Phi) is 4.42. The van der Waals surface area contributed by atoms with Gasteiger partial charge in [0.15, 0.2) is 0 Å². The Morgan fingerprint density at radius 3 is 2.68 bits per heavy atom. The van der Waals surface area contributed by atoms with Crippen molar-refractivity contribution in [3.63, 3.8) is 0 Å². The molecule has 0 saturated heterocycles. The Hall–Kier alpha value is -1.13. The molecule has 0 atom stereocenters. The number of nitrogens with one attached hydrogen (secondary N) is 1. The Labute approximate surface area is 117 Å². The van der Waals surface area contributed by atoms with E-state index >= 15 is 0 Å². The van der Waals surface area contributed by atoms with E-state index in [2.05, 4.69) is 5.32 Å². The Balaban J connectivity index is 2.17. The summed E-state index contributed by atoms with van der Waals surface area (Å²) in [6.45, 7) is 0.311. The molecule has 3 N–H and O–H groups in total. The van der Waals surface area contributed by atoms with E-state index in [0.29, 0.717) is 17.3 Å². The second-order valence-corrected chi connectivity index (χ2v) is 5.53. The number of hydrogen-bond acceptors (Lipinski definition) is 2. The summed E-state index contributed by atoms with van der Waals surface area (Å²) in [4.78, 5) is 12.4. The average Bonchev–Trinajstić information content (AvgIpc) is 2.43. The van der Waals surface area contributed by atoms with Crippen molar-refractivity contribution in [2.45, 2.75) is 32.1 Å². The fourth-order valence-electron chi connectivity index (χ4n) is 2.60. The van der Waals surface area contributed by atoms with Gasteiger partial charge in [0, 0.05) is 6.54 Å². The average molecular weight is 285 g/mol. The first-order valence-corrected chi connectivity index (χ1v) is 6.92. The lowest BCUT2D eigenvalue weighted by Gasteiger charge is -2.34. The first kappa shape index (κ1) is 14.3. The molecule has 1 aromatic rings. The number of amides is 1. The summed E-state index contributed by atoms with van der Waals surface area (Å²) in [6.07, 6.45) is 4.70. The van der Waals surface area contributed by atoms with Crippen LogP contribution in [0.2, 0.25) is 5.02 Å². The second-order valence-electron chi connectivity index (χ2n) is 5.12. The number of rotatable bonds is 3. The Morgan fingerprint density at radius 2 is 2.05 bits per heavy atom. The fraction of sp³-hybridized carbons (Fsp3) is 0.500. The lowest BCUT2D eigenvalue weighted by atomic mass is 9.73. The molecule has 0 aromatic heterocycles. The molecule has 0 radical (unpaired) electrons. The Bertz CT molecular complexity index is 473. The molecular formula is C14H18ClFN2O. The van der Waals surface area contributed by atoms with Gasteiger partial charge >= 0.3 is 0 Å². The lowest BCUT2D eigenvalue weighted by molar-refractivity contribution is -0.126. The highest BCUT2D eigenvalue weighted by Crippen LogP contribution is 2.37. The van der Waals surface area contributed by atoms with Gasteiger partial charge in [0.2, 0.25) is 5.91 Å². The zero-order valence-electron chi connectivity index (χ0n) is 10.7. The molecule has 1 saturated carbocycles. The largest absolute Gasteiger partial charge is 0.329 e. The molecular weight excluding hydrogens is 267 g/mol. The molecule has 2 rings (SSSR count). The number of halogens is 2. The maximum Gasteiger partial charge on any atom is 0.231 e. The van der Waals surface area contributed by atoms with Crippen molar-refractivity contribution in [3.8, 4) is 0 Å². The molecule has 5 heteroatoms. The summed E-state index contributed by atoms with van der Waals surface area (Å²) >= 11 is 5.96. The summed E-state index contributed by atoms with van der Waals surface area (Å²) in [5, 5.41) is 3.05. The van der Waals surface area contributed by atoms with Gasteiger partial charge in [0.1, 0.15) is 5.82 Å². The predicted octanol–water partition coefficient (Wildman–Crippen LogP) is 3.33. The number of anilines is 1. The van der Waals surface area contributed by atoms with Gasteiger partial charge < -0.3 is 11.1 Å². The third kappa shape index (κ3) is 3.07. The molecule has 0 bridgehead atoms. The van der Waals surface area contributed by atoms with E-state index in [4.69, 9.17) is 17.3 Å². The van der Waals surface area contributed by atoms with E-state index in [0.717, 1.165) is 32.1 Å². The summed E-state index contributed by atoms with van der Waals surface area (Å²) in [5.41, 5.74) is 5.57. The smallest absolute Gasteiger partial charge is 0.231 e. The van der Waals surface area contributed by atoms with Crippen molar-refractivity contribution in [1.82, 2.24) is 0 Å². The molecule has 0 spiro atoms. The van der Waals surface area contributed by atoms with Crippen LogP contribution in [0.3, 0.4) is 0 Å². The third-order valence-electron chi connectivity index (χ3n) is 3.86. The molecule has 1 aromatic carbocycles. The second kappa shape index (κ2) is 5.88. The lowest BCUT2D eigenvalue weighted by Crippen LogP contribution is -2.43. The molecule has 0 aliphatic heterocycles. The van der Waals surface area contributed by atoms with Crippen molar-refractivity contribution >= 4 is 23.2 Å². The summed E-state index contributed by atoms with van der Waals surface area (Å²) < 4.78 is 13.2. The summed E-state index contributed by atoms with van der Waals surface area (Å²) in [6, 6.07) is 3.92. The predicted molar refractivity (Wildman–Crippen MR) is 74.6 cm³/mol.